The van der Waals surface area contributed by atoms with Gasteiger partial charge in [0.15, 0.2) is 11.5 Å². The Labute approximate surface area is 211 Å². The Morgan fingerprint density at radius 2 is 1.79 bits per heavy atom. The van der Waals surface area contributed by atoms with Gasteiger partial charge < -0.3 is 14.8 Å². The molecule has 6 nitrogen and oxygen atoms in total. The minimum atomic E-state index is -0.479. The molecule has 8 heteroatoms. The van der Waals surface area contributed by atoms with E-state index < -0.39 is 11.9 Å². The molecule has 0 bridgehead atoms. The lowest BCUT2D eigenvalue weighted by Crippen LogP contribution is -2.30. The first-order valence-electron chi connectivity index (χ1n) is 10.5. The van der Waals surface area contributed by atoms with E-state index in [1.54, 1.807) is 49.6 Å². The smallest absolute Gasteiger partial charge is 0.329 e. The standard InChI is InChI=1S/C26H22BrClN2O4/c1-16-4-3-5-18(10-16)15-34-24-13-21(27)19(12-23(24)33-2)11-22-25(31)30(26(32)29-22)14-17-6-8-20(28)9-7-17/h3-13H,14-15H2,1-2H3,(H,29,32)/b22-11-. The maximum atomic E-state index is 12.9. The molecule has 0 unspecified atom stereocenters. The summed E-state index contributed by atoms with van der Waals surface area (Å²) in [6.07, 6.45) is 1.61. The van der Waals surface area contributed by atoms with Gasteiger partial charge in [-0.2, -0.15) is 0 Å². The first-order valence-corrected chi connectivity index (χ1v) is 11.7. The third-order valence-electron chi connectivity index (χ3n) is 5.28. The Morgan fingerprint density at radius 1 is 1.03 bits per heavy atom. The van der Waals surface area contributed by atoms with E-state index in [2.05, 4.69) is 27.3 Å². The second kappa shape index (κ2) is 10.3. The first-order chi connectivity index (χ1) is 16.3. The molecule has 1 N–H and O–H groups in total. The van der Waals surface area contributed by atoms with Crippen LogP contribution in [0.5, 0.6) is 11.5 Å². The fraction of sp³-hybridized carbons (Fsp3) is 0.154. The van der Waals surface area contributed by atoms with Gasteiger partial charge in [-0.1, -0.05) is 69.5 Å². The fourth-order valence-electron chi connectivity index (χ4n) is 3.54. The molecule has 0 spiro atoms. The van der Waals surface area contributed by atoms with Crippen LogP contribution in [-0.2, 0) is 17.9 Å². The molecule has 0 radical (unpaired) electrons. The van der Waals surface area contributed by atoms with Crippen molar-refractivity contribution in [2.45, 2.75) is 20.1 Å². The molecule has 1 fully saturated rings. The van der Waals surface area contributed by atoms with E-state index >= 15 is 0 Å². The third-order valence-corrected chi connectivity index (χ3v) is 6.21. The predicted molar refractivity (Wildman–Crippen MR) is 135 cm³/mol. The van der Waals surface area contributed by atoms with Crippen molar-refractivity contribution in [3.05, 3.63) is 98.1 Å². The summed E-state index contributed by atoms with van der Waals surface area (Å²) in [5.41, 5.74) is 3.84. The van der Waals surface area contributed by atoms with E-state index in [0.29, 0.717) is 33.2 Å². The van der Waals surface area contributed by atoms with Crippen molar-refractivity contribution in [3.63, 3.8) is 0 Å². The Hall–Kier alpha value is -3.29. The van der Waals surface area contributed by atoms with Gasteiger partial charge in [-0.15, -0.1) is 0 Å². The average molecular weight is 542 g/mol. The molecule has 3 aromatic rings. The quantitative estimate of drug-likeness (QED) is 0.290. The average Bonchev–Trinajstić information content (AvgIpc) is 3.07. The van der Waals surface area contributed by atoms with Crippen molar-refractivity contribution in [3.8, 4) is 11.5 Å². The van der Waals surface area contributed by atoms with Crippen LogP contribution in [0, 0.1) is 6.92 Å². The number of imide groups is 1. The molecular formula is C26H22BrClN2O4. The number of carbonyl (C=O) groups excluding carboxylic acids is 2. The molecule has 174 valence electrons. The molecule has 1 heterocycles. The highest BCUT2D eigenvalue weighted by Gasteiger charge is 2.33. The third kappa shape index (κ3) is 5.43. The number of urea groups is 1. The van der Waals surface area contributed by atoms with E-state index in [-0.39, 0.29) is 12.2 Å². The normalized spacial score (nSPS) is 14.5. The number of nitrogens with zero attached hydrogens (tertiary/aromatic N) is 1. The van der Waals surface area contributed by atoms with Crippen LogP contribution in [0.15, 0.2) is 70.8 Å². The van der Waals surface area contributed by atoms with Gasteiger partial charge in [0.25, 0.3) is 5.91 Å². The number of nitrogens with one attached hydrogen (secondary N) is 1. The number of rotatable bonds is 7. The molecule has 0 saturated carbocycles. The minimum absolute atomic E-state index is 0.148. The highest BCUT2D eigenvalue weighted by molar-refractivity contribution is 9.10. The zero-order valence-electron chi connectivity index (χ0n) is 18.6. The fourth-order valence-corrected chi connectivity index (χ4v) is 4.10. The SMILES string of the molecule is COc1cc(/C=C2\NC(=O)N(Cc3ccc(Cl)cc3)C2=O)c(Br)cc1OCc1cccc(C)c1. The molecule has 34 heavy (non-hydrogen) atoms. The number of benzene rings is 3. The summed E-state index contributed by atoms with van der Waals surface area (Å²) in [5.74, 6) is 0.660. The molecule has 0 atom stereocenters. The monoisotopic (exact) mass is 540 g/mol. The van der Waals surface area contributed by atoms with Crippen molar-refractivity contribution < 1.29 is 19.1 Å². The van der Waals surface area contributed by atoms with Crippen LogP contribution in [0.1, 0.15) is 22.3 Å². The van der Waals surface area contributed by atoms with E-state index in [4.69, 9.17) is 21.1 Å². The van der Waals surface area contributed by atoms with Crippen molar-refractivity contribution in [1.29, 1.82) is 0 Å². The van der Waals surface area contributed by atoms with Crippen molar-refractivity contribution >= 4 is 45.5 Å². The molecule has 0 aromatic heterocycles. The number of hydrogen-bond donors (Lipinski definition) is 1. The maximum absolute atomic E-state index is 12.9. The van der Waals surface area contributed by atoms with E-state index in [9.17, 15) is 9.59 Å². The summed E-state index contributed by atoms with van der Waals surface area (Å²) >= 11 is 9.45. The summed E-state index contributed by atoms with van der Waals surface area (Å²) in [6.45, 7) is 2.57. The van der Waals surface area contributed by atoms with Crippen LogP contribution >= 0.6 is 27.5 Å². The van der Waals surface area contributed by atoms with Gasteiger partial charge in [-0.3, -0.25) is 9.69 Å². The summed E-state index contributed by atoms with van der Waals surface area (Å²) < 4.78 is 12.2. The van der Waals surface area contributed by atoms with E-state index in [0.717, 1.165) is 21.6 Å². The van der Waals surface area contributed by atoms with Crippen LogP contribution < -0.4 is 14.8 Å². The first kappa shape index (κ1) is 23.9. The highest BCUT2D eigenvalue weighted by atomic mass is 79.9. The van der Waals surface area contributed by atoms with Crippen molar-refractivity contribution in [2.24, 2.45) is 0 Å². The molecule has 1 saturated heterocycles. The van der Waals surface area contributed by atoms with Crippen molar-refractivity contribution in [1.82, 2.24) is 10.2 Å². The Morgan fingerprint density at radius 3 is 2.50 bits per heavy atom. The van der Waals surface area contributed by atoms with Crippen LogP contribution in [0.2, 0.25) is 5.02 Å². The summed E-state index contributed by atoms with van der Waals surface area (Å²) in [4.78, 5) is 26.5. The predicted octanol–water partition coefficient (Wildman–Crippen LogP) is 6.09. The zero-order valence-corrected chi connectivity index (χ0v) is 20.9. The zero-order chi connectivity index (χ0) is 24.2. The van der Waals surface area contributed by atoms with Crippen LogP contribution in [0.25, 0.3) is 6.08 Å². The molecule has 1 aliphatic rings. The second-order valence-corrected chi connectivity index (χ2v) is 9.10. The van der Waals surface area contributed by atoms with Crippen LogP contribution in [0.3, 0.4) is 0 Å². The summed E-state index contributed by atoms with van der Waals surface area (Å²) in [6, 6.07) is 18.1. The van der Waals surface area contributed by atoms with Gasteiger partial charge in [0, 0.05) is 9.50 Å². The number of hydrogen-bond acceptors (Lipinski definition) is 4. The van der Waals surface area contributed by atoms with Crippen LogP contribution in [0.4, 0.5) is 4.79 Å². The molecule has 0 aliphatic carbocycles. The van der Waals surface area contributed by atoms with Crippen molar-refractivity contribution in [2.75, 3.05) is 7.11 Å². The van der Waals surface area contributed by atoms with Gasteiger partial charge in [0.1, 0.15) is 12.3 Å². The summed E-state index contributed by atoms with van der Waals surface area (Å²) in [5, 5.41) is 3.23. The van der Waals surface area contributed by atoms with E-state index in [1.165, 1.54) is 0 Å². The lowest BCUT2D eigenvalue weighted by Gasteiger charge is -2.13. The Kier molecular flexibility index (Phi) is 7.24. The lowest BCUT2D eigenvalue weighted by molar-refractivity contribution is -0.123. The number of methoxy groups -OCH3 is 1. The van der Waals surface area contributed by atoms with E-state index in [1.807, 2.05) is 25.1 Å². The Balaban J connectivity index is 1.53. The lowest BCUT2D eigenvalue weighted by atomic mass is 10.1. The Bertz CT molecular complexity index is 1270. The van der Waals surface area contributed by atoms with Gasteiger partial charge in [-0.05, 0) is 54.0 Å². The highest BCUT2D eigenvalue weighted by Crippen LogP contribution is 2.35. The summed E-state index contributed by atoms with van der Waals surface area (Å²) in [7, 11) is 1.55. The molecule has 4 rings (SSSR count). The molecule has 3 amide bonds. The van der Waals surface area contributed by atoms with Gasteiger partial charge in [0.2, 0.25) is 0 Å². The number of aryl methyl sites for hydroxylation is 1. The number of ether oxygens (including phenoxy) is 2. The largest absolute Gasteiger partial charge is 0.493 e. The topological polar surface area (TPSA) is 67.9 Å². The maximum Gasteiger partial charge on any atom is 0.329 e. The van der Waals surface area contributed by atoms with Gasteiger partial charge >= 0.3 is 6.03 Å². The molecular weight excluding hydrogens is 520 g/mol. The minimum Gasteiger partial charge on any atom is -0.493 e. The second-order valence-electron chi connectivity index (χ2n) is 7.81. The number of halogens is 2. The molecule has 3 aromatic carbocycles. The number of amides is 3. The molecule has 1 aliphatic heterocycles. The van der Waals surface area contributed by atoms with Gasteiger partial charge in [0.05, 0.1) is 13.7 Å². The van der Waals surface area contributed by atoms with Crippen LogP contribution in [-0.4, -0.2) is 23.9 Å². The number of carbonyl (C=O) groups is 2. The van der Waals surface area contributed by atoms with Gasteiger partial charge in [-0.25, -0.2) is 4.79 Å².